The van der Waals surface area contributed by atoms with Crippen LogP contribution in [0.4, 0.5) is 8.78 Å². The van der Waals surface area contributed by atoms with Gasteiger partial charge in [-0.3, -0.25) is 0 Å². The van der Waals surface area contributed by atoms with Crippen LogP contribution in [0.2, 0.25) is 0 Å². The van der Waals surface area contributed by atoms with Crippen LogP contribution in [0.15, 0.2) is 12.1 Å². The minimum Gasteiger partial charge on any atom is -0.543 e. The summed E-state index contributed by atoms with van der Waals surface area (Å²) in [6, 6.07) is 1.50. The number of hydrogen-bond acceptors (Lipinski definition) is 3. The van der Waals surface area contributed by atoms with Crippen LogP contribution in [-0.2, 0) is 0 Å². The van der Waals surface area contributed by atoms with Gasteiger partial charge >= 0.3 is 0 Å². The van der Waals surface area contributed by atoms with E-state index in [1.54, 1.807) is 0 Å². The van der Waals surface area contributed by atoms with Crippen molar-refractivity contribution in [1.29, 1.82) is 0 Å². The van der Waals surface area contributed by atoms with Crippen molar-refractivity contribution in [2.45, 2.75) is 0 Å². The number of nitrogens with zero attached hydrogens (tertiary/aromatic N) is 1. The number of carbonyl (C=O) groups excluding carboxylic acids is 1. The number of rotatable bonds is 1. The molecule has 0 spiro atoms. The molecular formula is C6H2F2NO2-. The minimum atomic E-state index is -1.64. The molecule has 0 radical (unpaired) electrons. The highest BCUT2D eigenvalue weighted by Crippen LogP contribution is 2.02. The second-order valence-corrected chi connectivity index (χ2v) is 1.76. The van der Waals surface area contributed by atoms with E-state index in [1.807, 2.05) is 0 Å². The maximum Gasteiger partial charge on any atom is 0.249 e. The Kier molecular flexibility index (Phi) is 1.80. The van der Waals surface area contributed by atoms with E-state index in [4.69, 9.17) is 0 Å². The topological polar surface area (TPSA) is 53.0 Å². The van der Waals surface area contributed by atoms with Crippen molar-refractivity contribution in [2.24, 2.45) is 0 Å². The van der Waals surface area contributed by atoms with Gasteiger partial charge in [-0.1, -0.05) is 0 Å². The number of pyridine rings is 1. The van der Waals surface area contributed by atoms with Crippen molar-refractivity contribution in [1.82, 2.24) is 4.98 Å². The lowest BCUT2D eigenvalue weighted by molar-refractivity contribution is -0.255. The van der Waals surface area contributed by atoms with Gasteiger partial charge in [0.2, 0.25) is 5.95 Å². The summed E-state index contributed by atoms with van der Waals surface area (Å²) in [5.41, 5.74) is -0.621. The fraction of sp³-hybridized carbons (Fsp3) is 0. The van der Waals surface area contributed by atoms with Crippen molar-refractivity contribution in [3.8, 4) is 0 Å². The van der Waals surface area contributed by atoms with Gasteiger partial charge in [0.25, 0.3) is 0 Å². The zero-order valence-electron chi connectivity index (χ0n) is 5.17. The highest BCUT2D eigenvalue weighted by Gasteiger charge is 2.03. The number of aromatic nitrogens is 1. The molecule has 1 heterocycles. The van der Waals surface area contributed by atoms with E-state index in [1.165, 1.54) is 0 Å². The largest absolute Gasteiger partial charge is 0.543 e. The third kappa shape index (κ3) is 1.49. The van der Waals surface area contributed by atoms with Crippen LogP contribution in [0.3, 0.4) is 0 Å². The quantitative estimate of drug-likeness (QED) is 0.528. The molecule has 0 aliphatic carbocycles. The molecule has 0 aromatic carbocycles. The Morgan fingerprint density at radius 3 is 2.55 bits per heavy atom. The van der Waals surface area contributed by atoms with Crippen LogP contribution < -0.4 is 5.11 Å². The van der Waals surface area contributed by atoms with Crippen molar-refractivity contribution < 1.29 is 18.7 Å². The third-order valence-corrected chi connectivity index (χ3v) is 1.01. The van der Waals surface area contributed by atoms with E-state index in [9.17, 15) is 18.7 Å². The first kappa shape index (κ1) is 7.59. The van der Waals surface area contributed by atoms with Crippen LogP contribution in [0, 0.1) is 11.8 Å². The molecule has 11 heavy (non-hydrogen) atoms. The fourth-order valence-electron chi connectivity index (χ4n) is 0.531. The molecule has 5 heteroatoms. The van der Waals surface area contributed by atoms with E-state index in [2.05, 4.69) is 4.98 Å². The van der Waals surface area contributed by atoms with Crippen molar-refractivity contribution in [3.05, 3.63) is 29.6 Å². The van der Waals surface area contributed by atoms with Gasteiger partial charge in [-0.15, -0.1) is 0 Å². The Morgan fingerprint density at radius 1 is 1.45 bits per heavy atom. The van der Waals surface area contributed by atoms with Gasteiger partial charge in [-0.25, -0.2) is 9.37 Å². The van der Waals surface area contributed by atoms with E-state index in [-0.39, 0.29) is 0 Å². The molecule has 0 aliphatic heterocycles. The standard InChI is InChI=1S/C6H3F2NO2/c7-3-1-2-4(6(10)11)9-5(3)8/h1-2H,(H,10,11)/p-1. The highest BCUT2D eigenvalue weighted by molar-refractivity contribution is 5.83. The van der Waals surface area contributed by atoms with Crippen molar-refractivity contribution in [2.75, 3.05) is 0 Å². The molecule has 3 nitrogen and oxygen atoms in total. The first-order valence-corrected chi connectivity index (χ1v) is 2.64. The number of hydrogen-bond donors (Lipinski definition) is 0. The van der Waals surface area contributed by atoms with Crippen molar-refractivity contribution >= 4 is 5.97 Å². The molecule has 58 valence electrons. The predicted molar refractivity (Wildman–Crippen MR) is 28.5 cm³/mol. The van der Waals surface area contributed by atoms with Gasteiger partial charge in [-0.05, 0) is 12.1 Å². The Hall–Kier alpha value is -1.52. The lowest BCUT2D eigenvalue weighted by Crippen LogP contribution is -2.24. The third-order valence-electron chi connectivity index (χ3n) is 1.01. The Bertz CT molecular complexity index is 301. The average Bonchev–Trinajstić information content (AvgIpc) is 1.94. The number of carboxylic acid groups (broad SMARTS) is 1. The van der Waals surface area contributed by atoms with Gasteiger partial charge < -0.3 is 9.90 Å². The molecule has 0 atom stereocenters. The first-order chi connectivity index (χ1) is 5.11. The zero-order valence-corrected chi connectivity index (χ0v) is 5.17. The molecule has 0 saturated heterocycles. The fourth-order valence-corrected chi connectivity index (χ4v) is 0.531. The predicted octanol–water partition coefficient (Wildman–Crippen LogP) is -0.277. The summed E-state index contributed by atoms with van der Waals surface area (Å²) in [7, 11) is 0. The number of halogens is 2. The van der Waals surface area contributed by atoms with Crippen LogP contribution in [0.1, 0.15) is 10.5 Å². The highest BCUT2D eigenvalue weighted by atomic mass is 19.2. The lowest BCUT2D eigenvalue weighted by Gasteiger charge is -1.99. The lowest BCUT2D eigenvalue weighted by atomic mass is 10.3. The Labute approximate surface area is 60.3 Å². The van der Waals surface area contributed by atoms with Gasteiger partial charge in [0.05, 0.1) is 11.7 Å². The van der Waals surface area contributed by atoms with Gasteiger partial charge in [0.15, 0.2) is 5.82 Å². The second-order valence-electron chi connectivity index (χ2n) is 1.76. The zero-order chi connectivity index (χ0) is 8.43. The van der Waals surface area contributed by atoms with E-state index < -0.39 is 23.4 Å². The number of carboxylic acids is 1. The molecule has 0 amide bonds. The Morgan fingerprint density at radius 2 is 2.09 bits per heavy atom. The summed E-state index contributed by atoms with van der Waals surface area (Å²) >= 11 is 0. The van der Waals surface area contributed by atoms with Gasteiger partial charge in [0.1, 0.15) is 0 Å². The summed E-state index contributed by atoms with van der Waals surface area (Å²) < 4.78 is 24.3. The maximum absolute atomic E-state index is 12.2. The summed E-state index contributed by atoms with van der Waals surface area (Å²) in [5.74, 6) is -4.26. The molecular weight excluding hydrogens is 156 g/mol. The maximum atomic E-state index is 12.2. The van der Waals surface area contributed by atoms with Crippen molar-refractivity contribution in [3.63, 3.8) is 0 Å². The second kappa shape index (κ2) is 2.61. The summed E-state index contributed by atoms with van der Waals surface area (Å²) in [6.07, 6.45) is 0. The van der Waals surface area contributed by atoms with E-state index in [0.29, 0.717) is 6.07 Å². The van der Waals surface area contributed by atoms with Crippen LogP contribution in [0.25, 0.3) is 0 Å². The molecule has 1 aromatic heterocycles. The van der Waals surface area contributed by atoms with Gasteiger partial charge in [-0.2, -0.15) is 4.39 Å². The summed E-state index contributed by atoms with van der Waals surface area (Å²) in [5, 5.41) is 10.0. The first-order valence-electron chi connectivity index (χ1n) is 2.64. The number of carbonyl (C=O) groups is 1. The van der Waals surface area contributed by atoms with E-state index in [0.717, 1.165) is 6.07 Å². The smallest absolute Gasteiger partial charge is 0.249 e. The molecule has 0 aliphatic rings. The molecule has 0 bridgehead atoms. The summed E-state index contributed by atoms with van der Waals surface area (Å²) in [4.78, 5) is 12.8. The SMILES string of the molecule is O=C([O-])c1ccc(F)c(F)n1. The minimum absolute atomic E-state index is 0.621. The van der Waals surface area contributed by atoms with E-state index >= 15 is 0 Å². The summed E-state index contributed by atoms with van der Waals surface area (Å²) in [6.45, 7) is 0. The molecule has 0 saturated carbocycles. The van der Waals surface area contributed by atoms with Gasteiger partial charge in [0, 0.05) is 0 Å². The monoisotopic (exact) mass is 158 g/mol. The average molecular weight is 158 g/mol. The van der Waals surface area contributed by atoms with Crippen LogP contribution >= 0.6 is 0 Å². The van der Waals surface area contributed by atoms with Crippen LogP contribution in [-0.4, -0.2) is 11.0 Å². The molecule has 0 N–H and O–H groups in total. The molecule has 1 rings (SSSR count). The Balaban J connectivity index is 3.15. The normalized spacial score (nSPS) is 9.64. The molecule has 1 aromatic rings. The molecule has 0 fully saturated rings. The number of aromatic carboxylic acids is 1. The van der Waals surface area contributed by atoms with Crippen LogP contribution in [0.5, 0.6) is 0 Å². The molecule has 0 unspecified atom stereocenters.